The molecule has 1 saturated heterocycles. The van der Waals surface area contributed by atoms with E-state index in [4.69, 9.17) is 0 Å². The molecule has 4 heteroatoms. The van der Waals surface area contributed by atoms with Gasteiger partial charge in [0.2, 0.25) is 0 Å². The smallest absolute Gasteiger partial charge is 0.0534 e. The molecule has 1 aliphatic heterocycles. The first-order valence-electron chi connectivity index (χ1n) is 8.46. The van der Waals surface area contributed by atoms with Crippen LogP contribution in [0.25, 0.3) is 0 Å². The van der Waals surface area contributed by atoms with E-state index in [1.54, 1.807) is 0 Å². The monoisotopic (exact) mass is 292 g/mol. The van der Waals surface area contributed by atoms with Crippen LogP contribution in [0.2, 0.25) is 0 Å². The van der Waals surface area contributed by atoms with Crippen LogP contribution in [0, 0.1) is 5.92 Å². The van der Waals surface area contributed by atoms with Crippen molar-refractivity contribution in [3.05, 3.63) is 18.0 Å². The Kier molecular flexibility index (Phi) is 5.44. The van der Waals surface area contributed by atoms with E-state index in [9.17, 15) is 0 Å². The van der Waals surface area contributed by atoms with Crippen LogP contribution < -0.4 is 5.32 Å². The van der Waals surface area contributed by atoms with Gasteiger partial charge in [-0.1, -0.05) is 20.8 Å². The van der Waals surface area contributed by atoms with Crippen molar-refractivity contribution in [3.63, 3.8) is 0 Å². The minimum Gasteiger partial charge on any atom is -0.311 e. The van der Waals surface area contributed by atoms with Crippen LogP contribution in [-0.2, 0) is 13.1 Å². The highest BCUT2D eigenvalue weighted by Crippen LogP contribution is 2.26. The lowest BCUT2D eigenvalue weighted by molar-refractivity contribution is 0.0372. The molecule has 120 valence electrons. The van der Waals surface area contributed by atoms with Gasteiger partial charge in [-0.25, -0.2) is 0 Å². The van der Waals surface area contributed by atoms with E-state index in [1.165, 1.54) is 18.4 Å². The molecule has 1 aromatic heterocycles. The van der Waals surface area contributed by atoms with E-state index in [-0.39, 0.29) is 5.54 Å². The molecule has 1 fully saturated rings. The van der Waals surface area contributed by atoms with Gasteiger partial charge in [-0.15, -0.1) is 0 Å². The van der Waals surface area contributed by atoms with Crippen molar-refractivity contribution in [2.75, 3.05) is 13.1 Å². The molecule has 4 nitrogen and oxygen atoms in total. The zero-order chi connectivity index (χ0) is 15.5. The number of hydrogen-bond acceptors (Lipinski definition) is 3. The van der Waals surface area contributed by atoms with E-state index in [1.807, 2.05) is 10.9 Å². The number of nitrogens with zero attached hydrogens (tertiary/aromatic N) is 3. The predicted molar refractivity (Wildman–Crippen MR) is 88.3 cm³/mol. The maximum atomic E-state index is 4.42. The number of piperazine rings is 1. The summed E-state index contributed by atoms with van der Waals surface area (Å²) in [5.41, 5.74) is 1.59. The number of aromatic nitrogens is 2. The SMILES string of the molecule is CCn1cc(CN2CC(CC(C)C)NCC2(C)CC)cn1. The summed E-state index contributed by atoms with van der Waals surface area (Å²) in [5, 5.41) is 8.18. The molecule has 2 atom stereocenters. The standard InChI is InChI=1S/C17H32N4/c1-6-17(5)13-18-16(8-14(3)4)12-20(17)10-15-9-19-21(7-2)11-15/h9,11,14,16,18H,6-8,10,12-13H2,1-5H3. The summed E-state index contributed by atoms with van der Waals surface area (Å²) in [6.07, 6.45) is 6.65. The molecule has 2 rings (SSSR count). The normalized spacial score (nSPS) is 27.4. The highest BCUT2D eigenvalue weighted by atomic mass is 15.3. The van der Waals surface area contributed by atoms with Crippen LogP contribution in [0.5, 0.6) is 0 Å². The van der Waals surface area contributed by atoms with Gasteiger partial charge >= 0.3 is 0 Å². The highest BCUT2D eigenvalue weighted by molar-refractivity contribution is 5.07. The first-order valence-corrected chi connectivity index (χ1v) is 8.46. The van der Waals surface area contributed by atoms with Gasteiger partial charge in [-0.3, -0.25) is 9.58 Å². The summed E-state index contributed by atoms with van der Waals surface area (Å²) in [5.74, 6) is 0.748. The van der Waals surface area contributed by atoms with Gasteiger partial charge in [0.25, 0.3) is 0 Å². The molecular weight excluding hydrogens is 260 g/mol. The minimum absolute atomic E-state index is 0.252. The van der Waals surface area contributed by atoms with Crippen LogP contribution in [0.3, 0.4) is 0 Å². The molecule has 0 radical (unpaired) electrons. The van der Waals surface area contributed by atoms with Crippen molar-refractivity contribution in [3.8, 4) is 0 Å². The van der Waals surface area contributed by atoms with Crippen LogP contribution in [-0.4, -0.2) is 39.4 Å². The van der Waals surface area contributed by atoms with Gasteiger partial charge < -0.3 is 5.32 Å². The number of nitrogens with one attached hydrogen (secondary N) is 1. The minimum atomic E-state index is 0.252. The van der Waals surface area contributed by atoms with Crippen molar-refractivity contribution in [2.45, 2.75) is 72.1 Å². The van der Waals surface area contributed by atoms with Crippen molar-refractivity contribution in [1.82, 2.24) is 20.0 Å². The number of hydrogen-bond donors (Lipinski definition) is 1. The summed E-state index contributed by atoms with van der Waals surface area (Å²) in [4.78, 5) is 2.66. The molecule has 2 heterocycles. The van der Waals surface area contributed by atoms with Gasteiger partial charge in [0.05, 0.1) is 6.20 Å². The molecule has 0 aliphatic carbocycles. The van der Waals surface area contributed by atoms with Gasteiger partial charge in [0.15, 0.2) is 0 Å². The topological polar surface area (TPSA) is 33.1 Å². The zero-order valence-electron chi connectivity index (χ0n) is 14.4. The summed E-state index contributed by atoms with van der Waals surface area (Å²) < 4.78 is 2.02. The van der Waals surface area contributed by atoms with Crippen molar-refractivity contribution in [2.24, 2.45) is 5.92 Å². The second kappa shape index (κ2) is 6.93. The lowest BCUT2D eigenvalue weighted by Crippen LogP contribution is -2.62. The third-order valence-corrected chi connectivity index (χ3v) is 4.88. The largest absolute Gasteiger partial charge is 0.311 e. The van der Waals surface area contributed by atoms with E-state index in [0.717, 1.165) is 32.1 Å². The number of rotatable bonds is 6. The summed E-state index contributed by atoms with van der Waals surface area (Å²) in [6.45, 7) is 15.6. The zero-order valence-corrected chi connectivity index (χ0v) is 14.4. The summed E-state index contributed by atoms with van der Waals surface area (Å²) in [7, 11) is 0. The van der Waals surface area contributed by atoms with Crippen LogP contribution >= 0.6 is 0 Å². The lowest BCUT2D eigenvalue weighted by atomic mass is 9.89. The molecule has 0 aromatic carbocycles. The van der Waals surface area contributed by atoms with Gasteiger partial charge in [0, 0.05) is 49.5 Å². The Hall–Kier alpha value is -0.870. The number of aryl methyl sites for hydroxylation is 1. The second-order valence-corrected chi connectivity index (χ2v) is 7.14. The predicted octanol–water partition coefficient (Wildman–Crippen LogP) is 2.89. The van der Waals surface area contributed by atoms with E-state index in [2.05, 4.69) is 56.1 Å². The van der Waals surface area contributed by atoms with E-state index < -0.39 is 0 Å². The van der Waals surface area contributed by atoms with Gasteiger partial charge in [-0.2, -0.15) is 5.10 Å². The molecule has 0 spiro atoms. The Morgan fingerprint density at radius 1 is 1.43 bits per heavy atom. The van der Waals surface area contributed by atoms with Gasteiger partial charge in [0.1, 0.15) is 0 Å². The van der Waals surface area contributed by atoms with Crippen molar-refractivity contribution in [1.29, 1.82) is 0 Å². The van der Waals surface area contributed by atoms with E-state index in [0.29, 0.717) is 6.04 Å². The molecular formula is C17H32N4. The third-order valence-electron chi connectivity index (χ3n) is 4.88. The summed E-state index contributed by atoms with van der Waals surface area (Å²) in [6, 6.07) is 0.617. The molecule has 0 bridgehead atoms. The quantitative estimate of drug-likeness (QED) is 0.875. The van der Waals surface area contributed by atoms with Gasteiger partial charge in [-0.05, 0) is 32.6 Å². The molecule has 1 aromatic rings. The molecule has 1 aliphatic rings. The molecule has 1 N–H and O–H groups in total. The Morgan fingerprint density at radius 3 is 2.76 bits per heavy atom. The Labute approximate surface area is 129 Å². The van der Waals surface area contributed by atoms with Crippen molar-refractivity contribution >= 4 is 0 Å². The average Bonchev–Trinajstić information content (AvgIpc) is 2.90. The van der Waals surface area contributed by atoms with Crippen molar-refractivity contribution < 1.29 is 0 Å². The average molecular weight is 292 g/mol. The molecule has 21 heavy (non-hydrogen) atoms. The molecule has 2 unspecified atom stereocenters. The Balaban J connectivity index is 2.06. The molecule has 0 saturated carbocycles. The first-order chi connectivity index (χ1) is 9.96. The lowest BCUT2D eigenvalue weighted by Gasteiger charge is -2.48. The fraction of sp³-hybridized carbons (Fsp3) is 0.824. The maximum Gasteiger partial charge on any atom is 0.0534 e. The first kappa shape index (κ1) is 16.5. The van der Waals surface area contributed by atoms with Crippen LogP contribution in [0.15, 0.2) is 12.4 Å². The maximum absolute atomic E-state index is 4.42. The van der Waals surface area contributed by atoms with E-state index >= 15 is 0 Å². The fourth-order valence-corrected chi connectivity index (χ4v) is 3.24. The Morgan fingerprint density at radius 2 is 2.19 bits per heavy atom. The highest BCUT2D eigenvalue weighted by Gasteiger charge is 2.36. The van der Waals surface area contributed by atoms with Crippen LogP contribution in [0.4, 0.5) is 0 Å². The second-order valence-electron chi connectivity index (χ2n) is 7.14. The fourth-order valence-electron chi connectivity index (χ4n) is 3.24. The van der Waals surface area contributed by atoms with Crippen LogP contribution in [0.1, 0.15) is 53.0 Å². The summed E-state index contributed by atoms with van der Waals surface area (Å²) >= 11 is 0. The molecule has 0 amide bonds. The Bertz CT molecular complexity index is 440. The third kappa shape index (κ3) is 4.07.